The number of anilines is 2. The first-order valence-electron chi connectivity index (χ1n) is 12.1. The number of ketones is 1. The highest BCUT2D eigenvalue weighted by Crippen LogP contribution is 2.36. The van der Waals surface area contributed by atoms with E-state index in [0.717, 1.165) is 62.0 Å². The normalized spacial score (nSPS) is 19.3. The molecule has 176 valence electrons. The maximum Gasteiger partial charge on any atom is 0.229 e. The lowest BCUT2D eigenvalue weighted by atomic mass is 9.88. The van der Waals surface area contributed by atoms with Crippen molar-refractivity contribution in [2.75, 3.05) is 30.3 Å². The van der Waals surface area contributed by atoms with Crippen molar-refractivity contribution in [1.82, 2.24) is 10.3 Å². The molecular formula is C26H33ClN4O2. The number of piperidine rings is 1. The topological polar surface area (TPSA) is 83.1 Å². The molecule has 1 saturated heterocycles. The van der Waals surface area contributed by atoms with Crippen molar-refractivity contribution in [3.63, 3.8) is 0 Å². The van der Waals surface area contributed by atoms with Crippen LogP contribution in [0.25, 0.3) is 11.1 Å². The quantitative estimate of drug-likeness (QED) is 0.528. The SMILES string of the molecule is CCc1c(NCC2CCC(=O)CC2)cccc1-c1cc(NC(=O)C2CCCNC2)ncc1Cl. The molecule has 2 aliphatic rings. The zero-order valence-electron chi connectivity index (χ0n) is 19.3. The molecule has 0 radical (unpaired) electrons. The number of nitrogens with zero attached hydrogens (tertiary/aromatic N) is 1. The Balaban J connectivity index is 1.52. The Morgan fingerprint density at radius 3 is 2.76 bits per heavy atom. The van der Waals surface area contributed by atoms with Gasteiger partial charge >= 0.3 is 0 Å². The van der Waals surface area contributed by atoms with Crippen molar-refractivity contribution in [1.29, 1.82) is 0 Å². The van der Waals surface area contributed by atoms with Gasteiger partial charge in [0.25, 0.3) is 0 Å². The van der Waals surface area contributed by atoms with E-state index in [2.05, 4.69) is 40.0 Å². The van der Waals surface area contributed by atoms with Gasteiger partial charge in [0, 0.05) is 43.4 Å². The van der Waals surface area contributed by atoms with Crippen molar-refractivity contribution < 1.29 is 9.59 Å². The molecule has 0 bridgehead atoms. The average molecular weight is 469 g/mol. The number of carbonyl (C=O) groups is 2. The molecule has 2 fully saturated rings. The van der Waals surface area contributed by atoms with Crippen LogP contribution < -0.4 is 16.0 Å². The third kappa shape index (κ3) is 5.92. The molecule has 7 heteroatoms. The highest BCUT2D eigenvalue weighted by atomic mass is 35.5. The Kier molecular flexibility index (Phi) is 7.99. The van der Waals surface area contributed by atoms with Crippen LogP contribution in [0, 0.1) is 11.8 Å². The van der Waals surface area contributed by atoms with Gasteiger partial charge in [0.05, 0.1) is 10.9 Å². The Hall–Kier alpha value is -2.44. The number of nitrogens with one attached hydrogen (secondary N) is 3. The number of hydrogen-bond donors (Lipinski definition) is 3. The molecule has 2 heterocycles. The van der Waals surface area contributed by atoms with Gasteiger partial charge in [0.2, 0.25) is 5.91 Å². The first kappa shape index (κ1) is 23.7. The summed E-state index contributed by atoms with van der Waals surface area (Å²) < 4.78 is 0. The number of aromatic nitrogens is 1. The molecule has 1 amide bonds. The minimum Gasteiger partial charge on any atom is -0.385 e. The van der Waals surface area contributed by atoms with Crippen LogP contribution in [0.1, 0.15) is 51.0 Å². The van der Waals surface area contributed by atoms with Crippen molar-refractivity contribution in [2.24, 2.45) is 11.8 Å². The summed E-state index contributed by atoms with van der Waals surface area (Å²) >= 11 is 6.57. The maximum atomic E-state index is 12.7. The second kappa shape index (κ2) is 11.1. The van der Waals surface area contributed by atoms with Gasteiger partial charge in [-0.15, -0.1) is 0 Å². The minimum absolute atomic E-state index is 0.0000633. The van der Waals surface area contributed by atoms with Crippen LogP contribution in [-0.4, -0.2) is 36.3 Å². The summed E-state index contributed by atoms with van der Waals surface area (Å²) in [6, 6.07) is 8.08. The zero-order valence-corrected chi connectivity index (χ0v) is 20.0. The van der Waals surface area contributed by atoms with Gasteiger partial charge in [0.1, 0.15) is 11.6 Å². The van der Waals surface area contributed by atoms with Crippen LogP contribution >= 0.6 is 11.6 Å². The third-order valence-electron chi connectivity index (χ3n) is 6.84. The molecule has 1 aromatic heterocycles. The van der Waals surface area contributed by atoms with Gasteiger partial charge in [-0.1, -0.05) is 30.7 Å². The molecule has 33 heavy (non-hydrogen) atoms. The number of amides is 1. The summed E-state index contributed by atoms with van der Waals surface area (Å²) in [7, 11) is 0. The van der Waals surface area contributed by atoms with Crippen molar-refractivity contribution >= 4 is 34.8 Å². The predicted molar refractivity (Wildman–Crippen MR) is 134 cm³/mol. The maximum absolute atomic E-state index is 12.7. The summed E-state index contributed by atoms with van der Waals surface area (Å²) in [4.78, 5) is 28.6. The van der Waals surface area contributed by atoms with E-state index in [0.29, 0.717) is 41.9 Å². The number of rotatable bonds is 7. The highest BCUT2D eigenvalue weighted by molar-refractivity contribution is 6.33. The Morgan fingerprint density at radius 2 is 2.03 bits per heavy atom. The zero-order chi connectivity index (χ0) is 23.2. The van der Waals surface area contributed by atoms with Gasteiger partial charge in [-0.25, -0.2) is 4.98 Å². The Labute approximate surface area is 200 Å². The van der Waals surface area contributed by atoms with Gasteiger partial charge in [0.15, 0.2) is 0 Å². The summed E-state index contributed by atoms with van der Waals surface area (Å²) in [5.74, 6) is 1.40. The smallest absolute Gasteiger partial charge is 0.229 e. The lowest BCUT2D eigenvalue weighted by Gasteiger charge is -2.23. The molecule has 3 N–H and O–H groups in total. The average Bonchev–Trinajstić information content (AvgIpc) is 2.85. The fraction of sp³-hybridized carbons (Fsp3) is 0.500. The predicted octanol–water partition coefficient (Wildman–Crippen LogP) is 5.07. The standard InChI is InChI=1S/C26H33ClN4O2/c1-2-20-21(6-3-7-24(20)29-14-17-8-10-19(32)11-9-17)22-13-25(30-16-23(22)27)31-26(33)18-5-4-12-28-15-18/h3,6-7,13,16-18,28-29H,2,4-5,8-12,14-15H2,1H3,(H,30,31,33). The van der Waals surface area contributed by atoms with E-state index < -0.39 is 0 Å². The number of Topliss-reactive ketones (excluding diaryl/α,β-unsaturated/α-hetero) is 1. The lowest BCUT2D eigenvalue weighted by molar-refractivity contribution is -0.121. The van der Waals surface area contributed by atoms with Gasteiger partial charge in [-0.3, -0.25) is 9.59 Å². The van der Waals surface area contributed by atoms with E-state index >= 15 is 0 Å². The van der Waals surface area contributed by atoms with Crippen molar-refractivity contribution in [2.45, 2.75) is 51.9 Å². The fourth-order valence-electron chi connectivity index (χ4n) is 4.86. The molecule has 2 aromatic rings. The number of pyridine rings is 1. The molecular weight excluding hydrogens is 436 g/mol. The van der Waals surface area contributed by atoms with Crippen LogP contribution in [0.4, 0.5) is 11.5 Å². The lowest BCUT2D eigenvalue weighted by Crippen LogP contribution is -2.37. The van der Waals surface area contributed by atoms with Crippen LogP contribution in [0.15, 0.2) is 30.5 Å². The third-order valence-corrected chi connectivity index (χ3v) is 7.14. The molecule has 1 atom stereocenters. The molecule has 0 spiro atoms. The molecule has 4 rings (SSSR count). The van der Waals surface area contributed by atoms with E-state index in [1.807, 2.05) is 12.1 Å². The highest BCUT2D eigenvalue weighted by Gasteiger charge is 2.22. The number of hydrogen-bond acceptors (Lipinski definition) is 5. The van der Waals surface area contributed by atoms with Gasteiger partial charge in [-0.05, 0) is 67.8 Å². The van der Waals surface area contributed by atoms with Crippen LogP contribution in [-0.2, 0) is 16.0 Å². The minimum atomic E-state index is -0.0338. The largest absolute Gasteiger partial charge is 0.385 e. The van der Waals surface area contributed by atoms with E-state index in [1.54, 1.807) is 6.20 Å². The molecule has 6 nitrogen and oxygen atoms in total. The second-order valence-electron chi connectivity index (χ2n) is 9.13. The number of halogens is 1. The van der Waals surface area contributed by atoms with Crippen LogP contribution in [0.5, 0.6) is 0 Å². The van der Waals surface area contributed by atoms with Gasteiger partial charge in [-0.2, -0.15) is 0 Å². The Bertz CT molecular complexity index is 994. The van der Waals surface area contributed by atoms with Crippen molar-refractivity contribution in [3.05, 3.63) is 41.0 Å². The van der Waals surface area contributed by atoms with E-state index in [-0.39, 0.29) is 11.8 Å². The molecule has 1 aliphatic carbocycles. The monoisotopic (exact) mass is 468 g/mol. The first-order valence-corrected chi connectivity index (χ1v) is 12.5. The summed E-state index contributed by atoms with van der Waals surface area (Å²) in [6.45, 7) is 4.67. The van der Waals surface area contributed by atoms with Crippen LogP contribution in [0.3, 0.4) is 0 Å². The molecule has 1 aromatic carbocycles. The second-order valence-corrected chi connectivity index (χ2v) is 9.54. The fourth-order valence-corrected chi connectivity index (χ4v) is 5.07. The summed E-state index contributed by atoms with van der Waals surface area (Å²) in [6.07, 6.45) is 7.68. The molecule has 1 saturated carbocycles. The van der Waals surface area contributed by atoms with Crippen molar-refractivity contribution in [3.8, 4) is 11.1 Å². The Morgan fingerprint density at radius 1 is 1.21 bits per heavy atom. The van der Waals surface area contributed by atoms with E-state index in [4.69, 9.17) is 11.6 Å². The first-order chi connectivity index (χ1) is 16.0. The van der Waals surface area contributed by atoms with E-state index in [1.165, 1.54) is 5.56 Å². The number of carbonyl (C=O) groups excluding carboxylic acids is 2. The summed E-state index contributed by atoms with van der Waals surface area (Å²) in [5, 5.41) is 10.4. The van der Waals surface area contributed by atoms with Crippen LogP contribution in [0.2, 0.25) is 5.02 Å². The molecule has 1 unspecified atom stereocenters. The molecule has 1 aliphatic heterocycles. The van der Waals surface area contributed by atoms with Gasteiger partial charge < -0.3 is 16.0 Å². The summed E-state index contributed by atoms with van der Waals surface area (Å²) in [5.41, 5.74) is 4.20. The number of benzene rings is 1. The van der Waals surface area contributed by atoms with E-state index in [9.17, 15) is 9.59 Å².